The summed E-state index contributed by atoms with van der Waals surface area (Å²) in [5.41, 5.74) is 0.490. The Morgan fingerprint density at radius 1 is 1.18 bits per heavy atom. The highest BCUT2D eigenvalue weighted by Crippen LogP contribution is 2.29. The van der Waals surface area contributed by atoms with Gasteiger partial charge in [0.05, 0.1) is 18.0 Å². The van der Waals surface area contributed by atoms with Gasteiger partial charge in [0.15, 0.2) is 5.78 Å². The van der Waals surface area contributed by atoms with Gasteiger partial charge in [-0.25, -0.2) is 4.79 Å². The van der Waals surface area contributed by atoms with Crippen LogP contribution >= 0.6 is 38.6 Å². The maximum absolute atomic E-state index is 13.3. The molecule has 2 N–H and O–H groups in total. The average Bonchev–Trinajstić information content (AvgIpc) is 3.26. The highest BCUT2D eigenvalue weighted by Gasteiger charge is 2.32. The molecular formula is C28H42ClN3O4S2. The highest BCUT2D eigenvalue weighted by atomic mass is 35.5. The summed E-state index contributed by atoms with van der Waals surface area (Å²) in [7, 11) is 0. The van der Waals surface area contributed by atoms with Gasteiger partial charge in [0.1, 0.15) is 6.61 Å². The van der Waals surface area contributed by atoms with Crippen molar-refractivity contribution in [2.24, 2.45) is 17.8 Å². The predicted molar refractivity (Wildman–Crippen MR) is 159 cm³/mol. The van der Waals surface area contributed by atoms with Crippen molar-refractivity contribution in [1.29, 1.82) is 5.26 Å². The molecule has 1 aromatic carbocycles. The number of benzene rings is 1. The largest absolute Gasteiger partial charge is 0.449 e. The van der Waals surface area contributed by atoms with E-state index in [1.54, 1.807) is 6.07 Å². The van der Waals surface area contributed by atoms with Crippen LogP contribution in [0.15, 0.2) is 24.3 Å². The summed E-state index contributed by atoms with van der Waals surface area (Å²) in [6.45, 7) is 4.67. The first-order valence-electron chi connectivity index (χ1n) is 13.1. The Kier molecular flexibility index (Phi) is 14.6. The fourth-order valence-corrected chi connectivity index (χ4v) is 5.42. The molecule has 1 aromatic rings. The van der Waals surface area contributed by atoms with Crippen LogP contribution in [-0.2, 0) is 19.7 Å². The molecule has 7 nitrogen and oxygen atoms in total. The number of nitrogens with zero attached hydrogens (tertiary/aromatic N) is 1. The summed E-state index contributed by atoms with van der Waals surface area (Å²) in [5, 5.41) is 15.9. The number of nitrogens with one attached hydrogen (secondary N) is 2. The molecule has 38 heavy (non-hydrogen) atoms. The molecule has 2 fully saturated rings. The molecule has 0 aromatic heterocycles. The second kappa shape index (κ2) is 16.3. The minimum absolute atomic E-state index is 0. The van der Waals surface area contributed by atoms with E-state index in [4.69, 9.17) is 16.3 Å². The Labute approximate surface area is 245 Å². The van der Waals surface area contributed by atoms with Gasteiger partial charge in [-0.05, 0) is 42.9 Å². The van der Waals surface area contributed by atoms with Crippen molar-refractivity contribution in [2.45, 2.75) is 83.1 Å². The van der Waals surface area contributed by atoms with Gasteiger partial charge in [0.2, 0.25) is 5.91 Å². The first-order chi connectivity index (χ1) is 17.2. The molecule has 1 saturated carbocycles. The molecule has 0 radical (unpaired) electrons. The van der Waals surface area contributed by atoms with E-state index in [-0.39, 0.29) is 57.6 Å². The van der Waals surface area contributed by atoms with Crippen molar-refractivity contribution in [3.8, 4) is 6.07 Å². The van der Waals surface area contributed by atoms with Gasteiger partial charge in [-0.3, -0.25) is 9.59 Å². The van der Waals surface area contributed by atoms with Crippen LogP contribution in [0.4, 0.5) is 4.79 Å². The third-order valence-electron chi connectivity index (χ3n) is 7.51. The second-order valence-electron chi connectivity index (χ2n) is 10.9. The standard InChI is InChI=1S/C28H38ClN3O4.2H2S/c1-28(2,22-9-6-10-23(29)16-22)18-36-27(35)32-24(14-19-7-4-3-5-8-19)25(33)15-20(17-30)13-21-11-12-31-26(21)34;;/h6,9-10,16,19-21,24H,3-5,7-8,11-15,18H2,1-2H3,(H,31,34)(H,32,35);2*1H2/t20-,21?,24+;;/m1../s1. The number of hydrogen-bond donors (Lipinski definition) is 2. The number of amides is 2. The fraction of sp³-hybridized carbons (Fsp3) is 0.643. The van der Waals surface area contributed by atoms with Crippen molar-refractivity contribution in [3.63, 3.8) is 0 Å². The first-order valence-corrected chi connectivity index (χ1v) is 13.4. The minimum atomic E-state index is -0.705. The molecule has 2 aliphatic rings. The van der Waals surface area contributed by atoms with E-state index in [2.05, 4.69) is 16.7 Å². The molecule has 1 heterocycles. The molecule has 0 spiro atoms. The predicted octanol–water partition coefficient (Wildman–Crippen LogP) is 5.53. The topological polar surface area (TPSA) is 108 Å². The van der Waals surface area contributed by atoms with Crippen LogP contribution in [-0.4, -0.2) is 37.0 Å². The van der Waals surface area contributed by atoms with E-state index in [1.165, 1.54) is 6.42 Å². The van der Waals surface area contributed by atoms with Gasteiger partial charge in [-0.2, -0.15) is 32.3 Å². The van der Waals surface area contributed by atoms with Crippen LogP contribution in [0.1, 0.15) is 77.2 Å². The van der Waals surface area contributed by atoms with Crippen LogP contribution in [0.5, 0.6) is 0 Å². The summed E-state index contributed by atoms with van der Waals surface area (Å²) in [5.74, 6) is -0.648. The molecule has 0 bridgehead atoms. The van der Waals surface area contributed by atoms with Gasteiger partial charge in [0, 0.05) is 29.3 Å². The number of ketones is 1. The maximum atomic E-state index is 13.3. The molecule has 3 atom stereocenters. The summed E-state index contributed by atoms with van der Waals surface area (Å²) < 4.78 is 5.56. The molecule has 1 aliphatic carbocycles. The lowest BCUT2D eigenvalue weighted by Crippen LogP contribution is -2.44. The lowest BCUT2D eigenvalue weighted by molar-refractivity contribution is -0.124. The van der Waals surface area contributed by atoms with Crippen molar-refractivity contribution in [2.75, 3.05) is 13.2 Å². The van der Waals surface area contributed by atoms with Crippen molar-refractivity contribution in [1.82, 2.24) is 10.6 Å². The normalized spacial score (nSPS) is 19.1. The Morgan fingerprint density at radius 2 is 1.89 bits per heavy atom. The third kappa shape index (κ3) is 10.3. The Balaban J connectivity index is 0.00000361. The lowest BCUT2D eigenvalue weighted by atomic mass is 9.82. The van der Waals surface area contributed by atoms with E-state index < -0.39 is 23.5 Å². The zero-order valence-corrected chi connectivity index (χ0v) is 25.1. The molecule has 1 aliphatic heterocycles. The van der Waals surface area contributed by atoms with Crippen LogP contribution in [0, 0.1) is 29.1 Å². The molecule has 1 saturated heterocycles. The van der Waals surface area contributed by atoms with Gasteiger partial charge in [0.25, 0.3) is 0 Å². The fourth-order valence-electron chi connectivity index (χ4n) is 5.23. The zero-order valence-electron chi connectivity index (χ0n) is 22.4. The molecule has 10 heteroatoms. The molecular weight excluding hydrogens is 542 g/mol. The minimum Gasteiger partial charge on any atom is -0.449 e. The first kappa shape index (κ1) is 34.1. The Morgan fingerprint density at radius 3 is 2.50 bits per heavy atom. The van der Waals surface area contributed by atoms with Crippen LogP contribution < -0.4 is 10.6 Å². The molecule has 3 rings (SSSR count). The summed E-state index contributed by atoms with van der Waals surface area (Å²) in [6.07, 6.45) is 6.50. The number of ether oxygens (including phenoxy) is 1. The number of halogens is 1. The smallest absolute Gasteiger partial charge is 0.407 e. The van der Waals surface area contributed by atoms with Gasteiger partial charge in [-0.15, -0.1) is 0 Å². The van der Waals surface area contributed by atoms with E-state index in [0.717, 1.165) is 31.2 Å². The lowest BCUT2D eigenvalue weighted by Gasteiger charge is -2.28. The summed E-state index contributed by atoms with van der Waals surface area (Å²) in [4.78, 5) is 38.0. The van der Waals surface area contributed by atoms with Crippen LogP contribution in [0.25, 0.3) is 0 Å². The number of hydrogen-bond acceptors (Lipinski definition) is 5. The van der Waals surface area contributed by atoms with Crippen LogP contribution in [0.3, 0.4) is 0 Å². The molecule has 1 unspecified atom stereocenters. The number of nitriles is 1. The van der Waals surface area contributed by atoms with Crippen LogP contribution in [0.2, 0.25) is 5.02 Å². The number of Topliss-reactive ketones (excluding diaryl/α,β-unsaturated/α-hetero) is 1. The Bertz CT molecular complexity index is 979. The highest BCUT2D eigenvalue weighted by molar-refractivity contribution is 7.59. The number of alkyl carbamates (subject to hydrolysis) is 1. The SMILES string of the molecule is CC(C)(COC(=O)N[C@@H](CC1CCCCC1)C(=O)C[C@H](C#N)CC1CCNC1=O)c1cccc(Cl)c1.S.S. The second-order valence-corrected chi connectivity index (χ2v) is 11.4. The summed E-state index contributed by atoms with van der Waals surface area (Å²) in [6, 6.07) is 8.95. The van der Waals surface area contributed by atoms with E-state index in [0.29, 0.717) is 36.7 Å². The monoisotopic (exact) mass is 583 g/mol. The third-order valence-corrected chi connectivity index (χ3v) is 7.74. The van der Waals surface area contributed by atoms with Crippen molar-refractivity contribution in [3.05, 3.63) is 34.9 Å². The number of carbonyl (C=O) groups excluding carboxylic acids is 3. The molecule has 212 valence electrons. The molecule has 2 amide bonds. The number of carbonyl (C=O) groups is 3. The van der Waals surface area contributed by atoms with E-state index in [1.807, 2.05) is 32.0 Å². The zero-order chi connectivity index (χ0) is 26.1. The Hall–Kier alpha value is -1.89. The van der Waals surface area contributed by atoms with E-state index in [9.17, 15) is 19.6 Å². The van der Waals surface area contributed by atoms with Gasteiger partial charge < -0.3 is 15.4 Å². The summed E-state index contributed by atoms with van der Waals surface area (Å²) >= 11 is 6.12. The maximum Gasteiger partial charge on any atom is 0.407 e. The number of rotatable bonds is 11. The van der Waals surface area contributed by atoms with Gasteiger partial charge in [-0.1, -0.05) is 69.7 Å². The van der Waals surface area contributed by atoms with Gasteiger partial charge >= 0.3 is 6.09 Å². The average molecular weight is 584 g/mol. The van der Waals surface area contributed by atoms with Crippen molar-refractivity contribution < 1.29 is 19.1 Å². The van der Waals surface area contributed by atoms with Crippen molar-refractivity contribution >= 4 is 56.4 Å². The van der Waals surface area contributed by atoms with E-state index >= 15 is 0 Å². The quantitative estimate of drug-likeness (QED) is 0.356.